The first-order valence-corrected chi connectivity index (χ1v) is 12.4. The molecule has 0 atom stereocenters. The van der Waals surface area contributed by atoms with Crippen molar-refractivity contribution >= 4 is 23.6 Å². The van der Waals surface area contributed by atoms with Crippen molar-refractivity contribution in [3.63, 3.8) is 0 Å². The lowest BCUT2D eigenvalue weighted by atomic mass is 10.1. The van der Waals surface area contributed by atoms with Gasteiger partial charge in [-0.05, 0) is 74.1 Å². The highest BCUT2D eigenvalue weighted by molar-refractivity contribution is 7.99. The second-order valence-electron chi connectivity index (χ2n) is 8.46. The number of benzene rings is 2. The van der Waals surface area contributed by atoms with Gasteiger partial charge in [0, 0.05) is 43.3 Å². The third-order valence-corrected chi connectivity index (χ3v) is 7.01. The summed E-state index contributed by atoms with van der Waals surface area (Å²) in [5, 5.41) is 3.74. The Balaban J connectivity index is 1.28. The Morgan fingerprint density at radius 2 is 1.76 bits per heavy atom. The van der Waals surface area contributed by atoms with E-state index in [0.717, 1.165) is 42.3 Å². The zero-order valence-corrected chi connectivity index (χ0v) is 20.0. The minimum atomic E-state index is -0.0527. The Bertz CT molecular complexity index is 1120. The zero-order valence-electron chi connectivity index (χ0n) is 19.2. The number of amides is 2. The van der Waals surface area contributed by atoms with E-state index in [2.05, 4.69) is 42.3 Å². The van der Waals surface area contributed by atoms with Crippen LogP contribution in [0.25, 0.3) is 5.69 Å². The van der Waals surface area contributed by atoms with Crippen molar-refractivity contribution in [2.45, 2.75) is 44.8 Å². The molecule has 2 aromatic carbocycles. The number of imidazole rings is 1. The van der Waals surface area contributed by atoms with Crippen molar-refractivity contribution < 1.29 is 9.59 Å². The largest absolute Gasteiger partial charge is 0.351 e. The first kappa shape index (κ1) is 23.1. The van der Waals surface area contributed by atoms with Gasteiger partial charge in [-0.25, -0.2) is 4.98 Å². The molecule has 3 aromatic rings. The quantitative estimate of drug-likeness (QED) is 0.524. The minimum absolute atomic E-state index is 0.0527. The standard InChI is InChI=1S/C26H30N4O2S/c1-19-6-11-23(16-20(19)2)30-15-12-27-26(30)33-18-24(31)28-17-21-7-9-22(10-8-21)25(32)29-13-4-3-5-14-29/h6-12,15-16H,3-5,13-14,17-18H2,1-2H3,(H,28,31). The number of hydrogen-bond donors (Lipinski definition) is 1. The van der Waals surface area contributed by atoms with Crippen molar-refractivity contribution in [2.75, 3.05) is 18.8 Å². The molecule has 1 aliphatic heterocycles. The van der Waals surface area contributed by atoms with Gasteiger partial charge in [0.25, 0.3) is 5.91 Å². The van der Waals surface area contributed by atoms with Crippen molar-refractivity contribution in [1.82, 2.24) is 19.8 Å². The zero-order chi connectivity index (χ0) is 23.2. The number of aromatic nitrogens is 2. The van der Waals surface area contributed by atoms with Gasteiger partial charge in [-0.15, -0.1) is 0 Å². The van der Waals surface area contributed by atoms with Crippen LogP contribution < -0.4 is 5.32 Å². The van der Waals surface area contributed by atoms with E-state index in [4.69, 9.17) is 0 Å². The Hall–Kier alpha value is -3.06. The molecule has 0 radical (unpaired) electrons. The summed E-state index contributed by atoms with van der Waals surface area (Å²) in [6.07, 6.45) is 7.03. The van der Waals surface area contributed by atoms with Crippen molar-refractivity contribution in [1.29, 1.82) is 0 Å². The van der Waals surface area contributed by atoms with Crippen LogP contribution in [0.4, 0.5) is 0 Å². The van der Waals surface area contributed by atoms with E-state index in [1.807, 2.05) is 39.9 Å². The molecular formula is C26H30N4O2S. The van der Waals surface area contributed by atoms with E-state index in [1.165, 1.54) is 29.3 Å². The predicted molar refractivity (Wildman–Crippen MR) is 132 cm³/mol. The average Bonchev–Trinajstić information content (AvgIpc) is 3.32. The Kier molecular flexibility index (Phi) is 7.50. The van der Waals surface area contributed by atoms with E-state index >= 15 is 0 Å². The van der Waals surface area contributed by atoms with Crippen molar-refractivity contribution in [3.05, 3.63) is 77.1 Å². The minimum Gasteiger partial charge on any atom is -0.351 e. The predicted octanol–water partition coefficient (Wildman–Crippen LogP) is 4.52. The van der Waals surface area contributed by atoms with Crippen LogP contribution in [0.15, 0.2) is 60.0 Å². The molecule has 1 fully saturated rings. The molecule has 4 rings (SSSR count). The fourth-order valence-corrected chi connectivity index (χ4v) is 4.70. The molecule has 7 heteroatoms. The molecule has 2 amide bonds. The number of piperidine rings is 1. The molecule has 6 nitrogen and oxygen atoms in total. The number of rotatable bonds is 7. The summed E-state index contributed by atoms with van der Waals surface area (Å²) in [5.74, 6) is 0.331. The third kappa shape index (κ3) is 5.85. The van der Waals surface area contributed by atoms with Crippen LogP contribution in [0, 0.1) is 13.8 Å². The van der Waals surface area contributed by atoms with Crippen LogP contribution in [0.3, 0.4) is 0 Å². The molecule has 0 unspecified atom stereocenters. The number of aryl methyl sites for hydroxylation is 2. The summed E-state index contributed by atoms with van der Waals surface area (Å²) in [4.78, 5) is 31.3. The van der Waals surface area contributed by atoms with E-state index < -0.39 is 0 Å². The molecule has 1 N–H and O–H groups in total. The number of nitrogens with one attached hydrogen (secondary N) is 1. The average molecular weight is 463 g/mol. The Morgan fingerprint density at radius 1 is 1.00 bits per heavy atom. The first-order chi connectivity index (χ1) is 16.0. The van der Waals surface area contributed by atoms with E-state index in [9.17, 15) is 9.59 Å². The molecule has 1 saturated heterocycles. The van der Waals surface area contributed by atoms with Gasteiger partial charge in [0.1, 0.15) is 0 Å². The first-order valence-electron chi connectivity index (χ1n) is 11.4. The molecule has 0 saturated carbocycles. The number of hydrogen-bond acceptors (Lipinski definition) is 4. The van der Waals surface area contributed by atoms with Gasteiger partial charge in [-0.3, -0.25) is 14.2 Å². The molecule has 33 heavy (non-hydrogen) atoms. The summed E-state index contributed by atoms with van der Waals surface area (Å²) in [7, 11) is 0. The highest BCUT2D eigenvalue weighted by atomic mass is 32.2. The number of thioether (sulfide) groups is 1. The van der Waals surface area contributed by atoms with E-state index in [0.29, 0.717) is 12.1 Å². The SMILES string of the molecule is Cc1ccc(-n2ccnc2SCC(=O)NCc2ccc(C(=O)N3CCCCC3)cc2)cc1C. The lowest BCUT2D eigenvalue weighted by Crippen LogP contribution is -2.35. The molecule has 1 aromatic heterocycles. The fraction of sp³-hybridized carbons (Fsp3) is 0.346. The molecule has 0 bridgehead atoms. The second kappa shape index (κ2) is 10.7. The number of carbonyl (C=O) groups excluding carboxylic acids is 2. The van der Waals surface area contributed by atoms with E-state index in [-0.39, 0.29) is 17.6 Å². The lowest BCUT2D eigenvalue weighted by Gasteiger charge is -2.26. The number of carbonyl (C=O) groups is 2. The summed E-state index contributed by atoms with van der Waals surface area (Å²) >= 11 is 1.41. The van der Waals surface area contributed by atoms with Crippen molar-refractivity contribution in [2.24, 2.45) is 0 Å². The van der Waals surface area contributed by atoms with Crippen LogP contribution in [0.5, 0.6) is 0 Å². The maximum atomic E-state index is 12.6. The van der Waals surface area contributed by atoms with Crippen LogP contribution in [0.2, 0.25) is 0 Å². The summed E-state index contributed by atoms with van der Waals surface area (Å²) < 4.78 is 2.00. The van der Waals surface area contributed by atoms with Crippen LogP contribution in [0.1, 0.15) is 46.3 Å². The van der Waals surface area contributed by atoms with E-state index in [1.54, 1.807) is 6.20 Å². The van der Waals surface area contributed by atoms with Gasteiger partial charge in [-0.1, -0.05) is 30.0 Å². The van der Waals surface area contributed by atoms with Crippen molar-refractivity contribution in [3.8, 4) is 5.69 Å². The van der Waals surface area contributed by atoms with Gasteiger partial charge in [0.15, 0.2) is 5.16 Å². The van der Waals surface area contributed by atoms with Crippen LogP contribution in [-0.4, -0.2) is 45.1 Å². The Morgan fingerprint density at radius 3 is 2.48 bits per heavy atom. The summed E-state index contributed by atoms with van der Waals surface area (Å²) in [6.45, 7) is 6.30. The van der Waals surface area contributed by atoms with Gasteiger partial charge in [0.05, 0.1) is 5.75 Å². The summed E-state index contributed by atoms with van der Waals surface area (Å²) in [5.41, 5.74) is 5.19. The van der Waals surface area contributed by atoms with Gasteiger partial charge in [-0.2, -0.15) is 0 Å². The molecule has 172 valence electrons. The van der Waals surface area contributed by atoms with Crippen LogP contribution in [-0.2, 0) is 11.3 Å². The highest BCUT2D eigenvalue weighted by Crippen LogP contribution is 2.22. The van der Waals surface area contributed by atoms with Gasteiger partial charge in [0.2, 0.25) is 5.91 Å². The van der Waals surface area contributed by atoms with Gasteiger partial charge >= 0.3 is 0 Å². The van der Waals surface area contributed by atoms with Gasteiger partial charge < -0.3 is 10.2 Å². The number of likely N-dealkylation sites (tertiary alicyclic amines) is 1. The molecular weight excluding hydrogens is 432 g/mol. The maximum Gasteiger partial charge on any atom is 0.253 e. The molecule has 0 spiro atoms. The highest BCUT2D eigenvalue weighted by Gasteiger charge is 2.18. The topological polar surface area (TPSA) is 67.2 Å². The molecule has 0 aliphatic carbocycles. The third-order valence-electron chi connectivity index (χ3n) is 6.04. The summed E-state index contributed by atoms with van der Waals surface area (Å²) in [6, 6.07) is 13.8. The molecule has 2 heterocycles. The normalized spacial score (nSPS) is 13.7. The number of nitrogens with zero attached hydrogens (tertiary/aromatic N) is 3. The Labute approximate surface area is 199 Å². The lowest BCUT2D eigenvalue weighted by molar-refractivity contribution is -0.118. The molecule has 1 aliphatic rings. The maximum absolute atomic E-state index is 12.6. The van der Waals surface area contributed by atoms with Crippen LogP contribution >= 0.6 is 11.8 Å². The fourth-order valence-electron chi connectivity index (χ4n) is 3.90. The smallest absolute Gasteiger partial charge is 0.253 e. The monoisotopic (exact) mass is 462 g/mol. The second-order valence-corrected chi connectivity index (χ2v) is 9.41.